The molecule has 4 nitrogen and oxygen atoms in total. The predicted octanol–water partition coefficient (Wildman–Crippen LogP) is -0.370. The molecular weight excluding hydrogens is 470 g/mol. The number of hydrogen-bond acceptors (Lipinski definition) is 4. The normalized spacial score (nSPS) is 11.1. The molecule has 0 rings (SSSR count). The van der Waals surface area contributed by atoms with Crippen LogP contribution in [-0.2, 0) is 20.9 Å². The van der Waals surface area contributed by atoms with Crippen LogP contribution < -0.4 is 29.6 Å². The van der Waals surface area contributed by atoms with Crippen molar-refractivity contribution in [2.75, 3.05) is 17.4 Å². The molecule has 0 spiro atoms. The zero-order chi connectivity index (χ0) is 18.5. The molecule has 0 radical (unpaired) electrons. The first-order valence-electron chi connectivity index (χ1n) is 5.33. The van der Waals surface area contributed by atoms with E-state index in [0.29, 0.717) is 0 Å². The van der Waals surface area contributed by atoms with Crippen molar-refractivity contribution >= 4 is 55.1 Å². The second-order valence-electron chi connectivity index (χ2n) is 4.44. The summed E-state index contributed by atoms with van der Waals surface area (Å²) < 4.78 is 38.5. The van der Waals surface area contributed by atoms with Gasteiger partial charge in [-0.15, -0.1) is 24.4 Å². The second-order valence-corrected chi connectivity index (χ2v) is 8.76. The van der Waals surface area contributed by atoms with Crippen molar-refractivity contribution in [3.63, 3.8) is 0 Å². The molecule has 0 bridgehead atoms. The van der Waals surface area contributed by atoms with Crippen LogP contribution in [0.3, 0.4) is 0 Å². The molecule has 0 fully saturated rings. The number of alkyl halides is 2. The van der Waals surface area contributed by atoms with Crippen LogP contribution in [0.1, 0.15) is 27.7 Å². The molecule has 0 aromatic heterocycles. The zero-order valence-electron chi connectivity index (χ0n) is 14.4. The maximum Gasteiger partial charge on any atom is 1.00 e. The Morgan fingerprint density at radius 1 is 1.14 bits per heavy atom. The van der Waals surface area contributed by atoms with E-state index in [9.17, 15) is 8.42 Å². The summed E-state index contributed by atoms with van der Waals surface area (Å²) in [4.78, 5) is 1.51. The zero-order valence-corrected chi connectivity index (χ0v) is 20.9. The first kappa shape index (κ1) is 34.5. The summed E-state index contributed by atoms with van der Waals surface area (Å²) in [6.07, 6.45) is 12.1. The van der Waals surface area contributed by atoms with Crippen LogP contribution in [0.2, 0.25) is 0 Å². The van der Waals surface area contributed by atoms with Gasteiger partial charge in [0.25, 0.3) is 0 Å². The fourth-order valence-electron chi connectivity index (χ4n) is 0.107. The molecule has 0 aliphatic rings. The summed E-state index contributed by atoms with van der Waals surface area (Å²) in [5, 5.41) is 0. The summed E-state index contributed by atoms with van der Waals surface area (Å²) >= 11 is 5.77. The molecule has 0 amide bonds. The minimum absolute atomic E-state index is 0. The van der Waals surface area contributed by atoms with Gasteiger partial charge in [0.1, 0.15) is 4.75 Å². The van der Waals surface area contributed by atoms with Crippen LogP contribution in [0.4, 0.5) is 0 Å². The number of halogens is 2. The van der Waals surface area contributed by atoms with Crippen molar-refractivity contribution in [1.82, 2.24) is 0 Å². The van der Waals surface area contributed by atoms with Crippen molar-refractivity contribution in [2.45, 2.75) is 37.3 Å². The Balaban J connectivity index is -0.0000000649. The Morgan fingerprint density at radius 2 is 1.32 bits per heavy atom. The molecule has 0 N–H and O–H groups in total. The number of terminal acetylenes is 2. The van der Waals surface area contributed by atoms with E-state index in [4.69, 9.17) is 33.2 Å². The molecule has 1 unspecified atom stereocenters. The van der Waals surface area contributed by atoms with Gasteiger partial charge < -0.3 is 4.55 Å². The topological polar surface area (TPSA) is 74.3 Å². The van der Waals surface area contributed by atoms with E-state index in [-0.39, 0.29) is 29.6 Å². The molecule has 0 saturated carbocycles. The van der Waals surface area contributed by atoms with Crippen LogP contribution in [0, 0.1) is 24.7 Å². The summed E-state index contributed by atoms with van der Waals surface area (Å²) in [6.45, 7) is 6.55. The Bertz CT molecular complexity index is 468. The Labute approximate surface area is 179 Å². The molecule has 1 atom stereocenters. The first-order valence-corrected chi connectivity index (χ1v) is 11.2. The third-order valence-corrected chi connectivity index (χ3v) is 3.70. The van der Waals surface area contributed by atoms with Crippen molar-refractivity contribution in [3.05, 3.63) is 0 Å². The molecule has 0 aromatic rings. The molecule has 0 aliphatic carbocycles. The minimum atomic E-state index is -3.09. The van der Waals surface area contributed by atoms with Gasteiger partial charge in [-0.1, -0.05) is 45.5 Å². The molecule has 0 aromatic carbocycles. The Kier molecular flexibility index (Phi) is 26.7. The van der Waals surface area contributed by atoms with Gasteiger partial charge in [-0.3, -0.25) is 4.21 Å². The first-order chi connectivity index (χ1) is 9.10. The van der Waals surface area contributed by atoms with Gasteiger partial charge in [0.2, 0.25) is 0 Å². The van der Waals surface area contributed by atoms with Gasteiger partial charge in [-0.25, -0.2) is 8.42 Å². The van der Waals surface area contributed by atoms with Crippen molar-refractivity contribution in [2.24, 2.45) is 0 Å². The Morgan fingerprint density at radius 3 is 1.32 bits per heavy atom. The van der Waals surface area contributed by atoms with Crippen LogP contribution >= 0.6 is 34.2 Å². The van der Waals surface area contributed by atoms with Crippen molar-refractivity contribution in [3.8, 4) is 24.7 Å². The standard InChI is InChI=1S/C6H10O2S.C5H7Cl.CH3I.CH4O2S.Na/c1-5-6(2,3)9(4,7)8;1-4-5(2,3)6;1-2;1-4(2)3;/h1H,2-4H3;1H,2-3H3;1H3;1H3,(H,2,3);/q;;;;+1/p-1. The van der Waals surface area contributed by atoms with Crippen LogP contribution in [-0.4, -0.2) is 44.2 Å². The van der Waals surface area contributed by atoms with E-state index in [1.807, 2.05) is 4.93 Å². The largest absolute Gasteiger partial charge is 1.00 e. The average molecular weight is 493 g/mol. The van der Waals surface area contributed by atoms with E-state index in [1.165, 1.54) is 13.8 Å². The molecule has 9 heteroatoms. The predicted molar refractivity (Wildman–Crippen MR) is 101 cm³/mol. The third kappa shape index (κ3) is 33.0. The molecule has 22 heavy (non-hydrogen) atoms. The molecule has 0 saturated heterocycles. The Hall–Kier alpha value is 1.20. The third-order valence-electron chi connectivity index (χ3n) is 1.62. The van der Waals surface area contributed by atoms with Gasteiger partial charge in [0.15, 0.2) is 9.84 Å². The fourth-order valence-corrected chi connectivity index (χ4v) is 0.321. The van der Waals surface area contributed by atoms with Crippen LogP contribution in [0.5, 0.6) is 0 Å². The quantitative estimate of drug-likeness (QED) is 0.165. The van der Waals surface area contributed by atoms with E-state index < -0.39 is 30.5 Å². The minimum Gasteiger partial charge on any atom is -0.773 e. The van der Waals surface area contributed by atoms with E-state index in [1.54, 1.807) is 13.8 Å². The number of hydrogen-bond donors (Lipinski definition) is 0. The SMILES string of the molecule is C#CC(C)(C)Cl.C#CC(C)(C)S(C)(=O)=O.CI.CS(=O)[O-].[Na+]. The van der Waals surface area contributed by atoms with Gasteiger partial charge in [0.05, 0.1) is 4.87 Å². The van der Waals surface area contributed by atoms with Gasteiger partial charge in [-0.2, -0.15) is 0 Å². The van der Waals surface area contributed by atoms with Gasteiger partial charge in [-0.05, 0) is 38.9 Å². The van der Waals surface area contributed by atoms with E-state index in [2.05, 4.69) is 34.4 Å². The molecule has 126 valence electrons. The van der Waals surface area contributed by atoms with E-state index >= 15 is 0 Å². The van der Waals surface area contributed by atoms with Crippen LogP contribution in [0.15, 0.2) is 0 Å². The second kappa shape index (κ2) is 17.0. The van der Waals surface area contributed by atoms with Crippen molar-refractivity contribution < 1.29 is 46.7 Å². The van der Waals surface area contributed by atoms with E-state index in [0.717, 1.165) is 12.5 Å². The molecule has 0 heterocycles. The van der Waals surface area contributed by atoms with Gasteiger partial charge >= 0.3 is 29.6 Å². The number of rotatable bonds is 1. The summed E-state index contributed by atoms with van der Waals surface area (Å²) in [7, 11) is -3.09. The smallest absolute Gasteiger partial charge is 0.773 e. The molecule has 0 aliphatic heterocycles. The average Bonchev–Trinajstić information content (AvgIpc) is 2.29. The number of sulfone groups is 1. The summed E-state index contributed by atoms with van der Waals surface area (Å²) in [6, 6.07) is 0. The monoisotopic (exact) mass is 492 g/mol. The van der Waals surface area contributed by atoms with Crippen LogP contribution in [0.25, 0.3) is 0 Å². The molecular formula is C13H23ClINaO4S2. The maximum absolute atomic E-state index is 10.7. The van der Waals surface area contributed by atoms with Gasteiger partial charge in [0, 0.05) is 6.26 Å². The summed E-state index contributed by atoms with van der Waals surface area (Å²) in [5.74, 6) is 4.56. The maximum atomic E-state index is 10.7. The van der Waals surface area contributed by atoms with Crippen molar-refractivity contribution in [1.29, 1.82) is 0 Å². The fraction of sp³-hybridized carbons (Fsp3) is 0.692. The summed E-state index contributed by atoms with van der Waals surface area (Å²) in [5.41, 5.74) is 0.